The number of aromatic nitrogens is 1. The van der Waals surface area contributed by atoms with Crippen LogP contribution < -0.4 is 5.32 Å². The molecule has 1 N–H and O–H groups in total. The first-order valence-corrected chi connectivity index (χ1v) is 6.03. The van der Waals surface area contributed by atoms with Crippen molar-refractivity contribution in [3.63, 3.8) is 0 Å². The summed E-state index contributed by atoms with van der Waals surface area (Å²) in [5.74, 6) is 0. The van der Waals surface area contributed by atoms with Gasteiger partial charge in [0.1, 0.15) is 5.02 Å². The molecule has 2 aromatic rings. The van der Waals surface area contributed by atoms with E-state index in [2.05, 4.69) is 10.3 Å². The number of hydrogen-bond donors (Lipinski definition) is 1. The van der Waals surface area contributed by atoms with E-state index in [1.54, 1.807) is 12.3 Å². The second-order valence-electron chi connectivity index (χ2n) is 4.10. The number of aryl methyl sites for hydroxylation is 1. The number of benzene rings is 1. The lowest BCUT2D eigenvalue weighted by Gasteiger charge is -2.06. The van der Waals surface area contributed by atoms with E-state index in [4.69, 9.17) is 11.6 Å². The zero-order chi connectivity index (χ0) is 13.8. The van der Waals surface area contributed by atoms with Gasteiger partial charge >= 0.3 is 0 Å². The third-order valence-corrected chi connectivity index (χ3v) is 2.91. The van der Waals surface area contributed by atoms with E-state index >= 15 is 0 Å². The molecule has 1 aromatic carbocycles. The van der Waals surface area contributed by atoms with Crippen molar-refractivity contribution in [3.8, 4) is 0 Å². The van der Waals surface area contributed by atoms with Crippen molar-refractivity contribution >= 4 is 23.0 Å². The highest BCUT2D eigenvalue weighted by molar-refractivity contribution is 6.32. The molecule has 0 spiro atoms. The van der Waals surface area contributed by atoms with Gasteiger partial charge in [-0.2, -0.15) is 0 Å². The number of nitro groups is 1. The van der Waals surface area contributed by atoms with E-state index in [0.29, 0.717) is 12.2 Å². The van der Waals surface area contributed by atoms with Crippen LogP contribution in [0.1, 0.15) is 11.3 Å². The van der Waals surface area contributed by atoms with Crippen LogP contribution in [0.25, 0.3) is 0 Å². The number of halogens is 1. The maximum Gasteiger partial charge on any atom is 0.289 e. The maximum absolute atomic E-state index is 10.8. The van der Waals surface area contributed by atoms with E-state index in [9.17, 15) is 10.1 Å². The van der Waals surface area contributed by atoms with Crippen LogP contribution in [0.4, 0.5) is 11.4 Å². The van der Waals surface area contributed by atoms with Crippen LogP contribution in [0.5, 0.6) is 0 Å². The van der Waals surface area contributed by atoms with Gasteiger partial charge in [0.25, 0.3) is 5.69 Å². The summed E-state index contributed by atoms with van der Waals surface area (Å²) in [6.07, 6.45) is 1.78. The van der Waals surface area contributed by atoms with Crippen molar-refractivity contribution in [2.45, 2.75) is 13.5 Å². The Morgan fingerprint density at radius 3 is 2.79 bits per heavy atom. The van der Waals surface area contributed by atoms with Crippen LogP contribution in [-0.4, -0.2) is 9.91 Å². The predicted octanol–water partition coefficient (Wildman–Crippen LogP) is 3.56. The van der Waals surface area contributed by atoms with Gasteiger partial charge in [0, 0.05) is 18.0 Å². The monoisotopic (exact) mass is 277 g/mol. The Labute approximate surface area is 115 Å². The molecule has 0 atom stereocenters. The number of anilines is 1. The molecule has 1 heterocycles. The number of pyridine rings is 1. The Balaban J connectivity index is 2.09. The van der Waals surface area contributed by atoms with Crippen LogP contribution >= 0.6 is 11.6 Å². The van der Waals surface area contributed by atoms with Crippen LogP contribution in [0.15, 0.2) is 36.5 Å². The fraction of sp³-hybridized carbons (Fsp3) is 0.154. The third-order valence-electron chi connectivity index (χ3n) is 2.59. The first kappa shape index (κ1) is 13.3. The molecule has 0 aliphatic carbocycles. The zero-order valence-corrected chi connectivity index (χ0v) is 11.0. The van der Waals surface area contributed by atoms with Gasteiger partial charge in [-0.05, 0) is 30.7 Å². The van der Waals surface area contributed by atoms with E-state index in [1.165, 1.54) is 12.1 Å². The first-order valence-electron chi connectivity index (χ1n) is 5.65. The van der Waals surface area contributed by atoms with E-state index < -0.39 is 4.92 Å². The fourth-order valence-electron chi connectivity index (χ4n) is 1.56. The molecule has 19 heavy (non-hydrogen) atoms. The van der Waals surface area contributed by atoms with Gasteiger partial charge in [-0.1, -0.05) is 17.7 Å². The average Bonchev–Trinajstić information content (AvgIpc) is 2.39. The highest BCUT2D eigenvalue weighted by Crippen LogP contribution is 2.27. The van der Waals surface area contributed by atoms with Gasteiger partial charge in [0.15, 0.2) is 0 Å². The van der Waals surface area contributed by atoms with Gasteiger partial charge in [0.2, 0.25) is 0 Å². The topological polar surface area (TPSA) is 68.1 Å². The Kier molecular flexibility index (Phi) is 3.97. The molecule has 0 unspecified atom stereocenters. The second-order valence-corrected chi connectivity index (χ2v) is 4.51. The summed E-state index contributed by atoms with van der Waals surface area (Å²) in [5.41, 5.74) is 2.48. The quantitative estimate of drug-likeness (QED) is 0.685. The summed E-state index contributed by atoms with van der Waals surface area (Å²) in [4.78, 5) is 14.5. The minimum absolute atomic E-state index is 0.108. The summed E-state index contributed by atoms with van der Waals surface area (Å²) in [6.45, 7) is 2.46. The summed E-state index contributed by atoms with van der Waals surface area (Å²) in [6, 6.07) is 8.49. The van der Waals surface area contributed by atoms with Crippen molar-refractivity contribution in [1.29, 1.82) is 0 Å². The van der Waals surface area contributed by atoms with Gasteiger partial charge < -0.3 is 5.32 Å². The van der Waals surface area contributed by atoms with Gasteiger partial charge in [-0.3, -0.25) is 15.1 Å². The number of nitrogens with zero attached hydrogens (tertiary/aromatic N) is 2. The molecule has 0 aliphatic rings. The molecule has 0 fully saturated rings. The number of nitrogens with one attached hydrogen (secondary N) is 1. The smallest absolute Gasteiger partial charge is 0.289 e. The second kappa shape index (κ2) is 5.67. The molecule has 0 saturated carbocycles. The molecular formula is C13H12ClN3O2. The van der Waals surface area contributed by atoms with Gasteiger partial charge in [-0.15, -0.1) is 0 Å². The molecule has 6 heteroatoms. The summed E-state index contributed by atoms with van der Waals surface area (Å²) < 4.78 is 0. The standard InChI is InChI=1S/C13H12ClN3O2/c1-9-2-3-11(15-7-9)8-16-10-4-5-12(14)13(6-10)17(18)19/h2-7,16H,8H2,1H3. The predicted molar refractivity (Wildman–Crippen MR) is 74.4 cm³/mol. The summed E-state index contributed by atoms with van der Waals surface area (Å²) in [7, 11) is 0. The lowest BCUT2D eigenvalue weighted by atomic mass is 10.2. The van der Waals surface area contributed by atoms with E-state index in [1.807, 2.05) is 19.1 Å². The highest BCUT2D eigenvalue weighted by Gasteiger charge is 2.12. The highest BCUT2D eigenvalue weighted by atomic mass is 35.5. The van der Waals surface area contributed by atoms with Crippen molar-refractivity contribution in [1.82, 2.24) is 4.98 Å². The summed E-state index contributed by atoms with van der Waals surface area (Å²) >= 11 is 5.74. The van der Waals surface area contributed by atoms with Crippen molar-refractivity contribution < 1.29 is 4.92 Å². The molecule has 1 aromatic heterocycles. The minimum atomic E-state index is -0.502. The summed E-state index contributed by atoms with van der Waals surface area (Å²) in [5, 5.41) is 14.0. The molecule has 98 valence electrons. The Morgan fingerprint density at radius 2 is 2.16 bits per heavy atom. The van der Waals surface area contributed by atoms with Gasteiger partial charge in [0.05, 0.1) is 17.2 Å². The molecule has 0 saturated heterocycles. The molecule has 0 bridgehead atoms. The Morgan fingerprint density at radius 1 is 1.37 bits per heavy atom. The van der Waals surface area contributed by atoms with E-state index in [-0.39, 0.29) is 10.7 Å². The molecule has 0 amide bonds. The third kappa shape index (κ3) is 3.42. The average molecular weight is 278 g/mol. The van der Waals surface area contributed by atoms with Crippen molar-refractivity contribution in [3.05, 3.63) is 62.9 Å². The first-order chi connectivity index (χ1) is 9.06. The lowest BCUT2D eigenvalue weighted by Crippen LogP contribution is -2.02. The number of nitro benzene ring substituents is 1. The van der Waals surface area contributed by atoms with Crippen molar-refractivity contribution in [2.75, 3.05) is 5.32 Å². The van der Waals surface area contributed by atoms with Crippen LogP contribution in [0, 0.1) is 17.0 Å². The van der Waals surface area contributed by atoms with Crippen LogP contribution in [-0.2, 0) is 6.54 Å². The normalized spacial score (nSPS) is 10.2. The molecule has 2 rings (SSSR count). The molecule has 0 radical (unpaired) electrons. The number of hydrogen-bond acceptors (Lipinski definition) is 4. The fourth-order valence-corrected chi connectivity index (χ4v) is 1.74. The van der Waals surface area contributed by atoms with Crippen molar-refractivity contribution in [2.24, 2.45) is 0 Å². The van der Waals surface area contributed by atoms with Crippen LogP contribution in [0.3, 0.4) is 0 Å². The minimum Gasteiger partial charge on any atom is -0.379 e. The SMILES string of the molecule is Cc1ccc(CNc2ccc(Cl)c([N+](=O)[O-])c2)nc1. The van der Waals surface area contributed by atoms with Crippen LogP contribution in [0.2, 0.25) is 5.02 Å². The molecular weight excluding hydrogens is 266 g/mol. The largest absolute Gasteiger partial charge is 0.379 e. The number of rotatable bonds is 4. The maximum atomic E-state index is 10.8. The van der Waals surface area contributed by atoms with E-state index in [0.717, 1.165) is 11.3 Å². The lowest BCUT2D eigenvalue weighted by molar-refractivity contribution is -0.384. The zero-order valence-electron chi connectivity index (χ0n) is 10.3. The molecule has 0 aliphatic heterocycles. The Bertz CT molecular complexity index is 599. The van der Waals surface area contributed by atoms with Gasteiger partial charge in [-0.25, -0.2) is 0 Å². The Hall–Kier alpha value is -2.14. The molecule has 5 nitrogen and oxygen atoms in total.